The minimum absolute atomic E-state index is 0.0154. The van der Waals surface area contributed by atoms with E-state index in [1.54, 1.807) is 28.7 Å². The molecule has 8 heteroatoms. The summed E-state index contributed by atoms with van der Waals surface area (Å²) in [6, 6.07) is 18.8. The summed E-state index contributed by atoms with van der Waals surface area (Å²) in [5.41, 5.74) is 2.91. The first kappa shape index (κ1) is 24.5. The molecule has 5 heterocycles. The Bertz CT molecular complexity index is 2310. The van der Waals surface area contributed by atoms with Crippen LogP contribution in [0.3, 0.4) is 0 Å². The Labute approximate surface area is 243 Å². The Balaban J connectivity index is 1.42. The molecule has 0 unspecified atom stereocenters. The average molecular weight is 576 g/mol. The van der Waals surface area contributed by atoms with Gasteiger partial charge in [-0.1, -0.05) is 69.3 Å². The van der Waals surface area contributed by atoms with Crippen LogP contribution in [-0.2, 0) is 9.59 Å². The highest BCUT2D eigenvalue weighted by Gasteiger charge is 2.41. The summed E-state index contributed by atoms with van der Waals surface area (Å²) in [4.78, 5) is 43.0. The predicted molar refractivity (Wildman–Crippen MR) is 169 cm³/mol. The summed E-state index contributed by atoms with van der Waals surface area (Å²) in [7, 11) is 1.44. The highest BCUT2D eigenvalue weighted by molar-refractivity contribution is 7.32. The molecule has 0 spiro atoms. The number of imide groups is 2. The zero-order chi connectivity index (χ0) is 28.4. The van der Waals surface area contributed by atoms with Gasteiger partial charge in [-0.2, -0.15) is 0 Å². The molecule has 202 valence electrons. The number of para-hydroxylation sites is 1. The maximum atomic E-state index is 13.5. The fourth-order valence-electron chi connectivity index (χ4n) is 6.29. The van der Waals surface area contributed by atoms with E-state index in [-0.39, 0.29) is 17.5 Å². The topological polar surface area (TPSA) is 62.1 Å². The van der Waals surface area contributed by atoms with E-state index in [2.05, 4.69) is 59.0 Å². The number of urea groups is 1. The molecule has 0 radical (unpaired) electrons. The quantitative estimate of drug-likeness (QED) is 0.155. The normalized spacial score (nSPS) is 16.5. The lowest BCUT2D eigenvalue weighted by atomic mass is 9.95. The van der Waals surface area contributed by atoms with Crippen LogP contribution < -0.4 is 0 Å². The molecular formula is C33H25N3O3S2. The van der Waals surface area contributed by atoms with Crippen molar-refractivity contribution in [1.29, 1.82) is 0 Å². The molecule has 0 N–H and O–H groups in total. The molecule has 0 saturated carbocycles. The van der Waals surface area contributed by atoms with Crippen molar-refractivity contribution in [2.24, 2.45) is 5.41 Å². The van der Waals surface area contributed by atoms with E-state index in [0.717, 1.165) is 30.2 Å². The highest BCUT2D eigenvalue weighted by atomic mass is 32.1. The zero-order valence-electron chi connectivity index (χ0n) is 22.9. The van der Waals surface area contributed by atoms with Gasteiger partial charge in [-0.05, 0) is 28.3 Å². The van der Waals surface area contributed by atoms with E-state index in [0.29, 0.717) is 0 Å². The van der Waals surface area contributed by atoms with Crippen LogP contribution in [0.2, 0.25) is 0 Å². The number of amides is 4. The standard InChI is InChI=1S/C33H25N3O3S2/c1-33(2,3)16-35-30(38)22(29(37)34(4)32(35)39)14-18-15-40-28-25-21-10-7-8-17-12-13-20-19-9-5-6-11-23(19)36(26(20)24(17)21)31(25)41-27(18)28/h5-15H,16H2,1-4H3/b22-14+. The maximum Gasteiger partial charge on any atom is 0.333 e. The lowest BCUT2D eigenvalue weighted by Crippen LogP contribution is -2.56. The lowest BCUT2D eigenvalue weighted by Gasteiger charge is -2.35. The summed E-state index contributed by atoms with van der Waals surface area (Å²) >= 11 is 3.32. The van der Waals surface area contributed by atoms with Gasteiger partial charge < -0.3 is 0 Å². The minimum Gasteiger partial charge on any atom is -0.299 e. The minimum atomic E-state index is -0.580. The highest BCUT2D eigenvalue weighted by Crippen LogP contribution is 2.48. The Morgan fingerprint density at radius 1 is 0.829 bits per heavy atom. The molecule has 4 aromatic heterocycles. The van der Waals surface area contributed by atoms with Crippen LogP contribution >= 0.6 is 22.7 Å². The number of benzene rings is 3. The smallest absolute Gasteiger partial charge is 0.299 e. The van der Waals surface area contributed by atoms with E-state index in [4.69, 9.17) is 0 Å². The molecular weight excluding hydrogens is 551 g/mol. The van der Waals surface area contributed by atoms with Gasteiger partial charge in [0.1, 0.15) is 10.4 Å². The van der Waals surface area contributed by atoms with E-state index < -0.39 is 17.8 Å². The van der Waals surface area contributed by atoms with Crippen LogP contribution in [0.5, 0.6) is 0 Å². The molecule has 0 atom stereocenters. The van der Waals surface area contributed by atoms with Crippen molar-refractivity contribution < 1.29 is 14.4 Å². The number of pyridine rings is 1. The number of thiophene rings is 2. The number of carbonyl (C=O) groups excluding carboxylic acids is 3. The number of likely N-dealkylation sites (N-methyl/N-ethyl adjacent to an activating group) is 1. The number of nitrogens with zero attached hydrogens (tertiary/aromatic N) is 3. The number of aromatic nitrogens is 1. The fraction of sp³-hybridized carbons (Fsp3) is 0.182. The second kappa shape index (κ2) is 8.15. The van der Waals surface area contributed by atoms with Crippen molar-refractivity contribution in [2.75, 3.05) is 13.6 Å². The molecule has 0 aliphatic carbocycles. The third-order valence-electron chi connectivity index (χ3n) is 8.02. The first-order valence-electron chi connectivity index (χ1n) is 13.5. The second-order valence-corrected chi connectivity index (χ2v) is 13.9. The summed E-state index contributed by atoms with van der Waals surface area (Å²) in [5.74, 6) is -1.11. The van der Waals surface area contributed by atoms with Gasteiger partial charge in [0, 0.05) is 46.1 Å². The number of barbiturate groups is 1. The summed E-state index contributed by atoms with van der Waals surface area (Å²) < 4.78 is 4.56. The Morgan fingerprint density at radius 3 is 2.41 bits per heavy atom. The Kier molecular flexibility index (Phi) is 4.87. The van der Waals surface area contributed by atoms with E-state index in [9.17, 15) is 14.4 Å². The Hall–Kier alpha value is -4.27. The molecule has 0 bridgehead atoms. The molecule has 8 rings (SSSR count). The third-order valence-corrected chi connectivity index (χ3v) is 10.4. The fourth-order valence-corrected chi connectivity index (χ4v) is 8.90. The van der Waals surface area contributed by atoms with Crippen molar-refractivity contribution in [3.63, 3.8) is 0 Å². The lowest BCUT2D eigenvalue weighted by molar-refractivity contribution is -0.135. The third kappa shape index (κ3) is 3.26. The number of rotatable bonds is 2. The van der Waals surface area contributed by atoms with Crippen molar-refractivity contribution in [3.8, 4) is 0 Å². The molecule has 1 aliphatic heterocycles. The molecule has 4 amide bonds. The largest absolute Gasteiger partial charge is 0.333 e. The predicted octanol–water partition coefficient (Wildman–Crippen LogP) is 8.12. The van der Waals surface area contributed by atoms with E-state index in [1.807, 2.05) is 26.2 Å². The van der Waals surface area contributed by atoms with Crippen LogP contribution in [-0.4, -0.2) is 45.6 Å². The van der Waals surface area contributed by atoms with Crippen LogP contribution in [0.15, 0.2) is 65.6 Å². The first-order valence-corrected chi connectivity index (χ1v) is 15.2. The van der Waals surface area contributed by atoms with Gasteiger partial charge in [0.15, 0.2) is 0 Å². The SMILES string of the molecule is CN1C(=O)/C(=C\c2csc3c2sc2c3c3cccc4ccc5c6ccccc6n2c5c43)C(=O)N(CC(C)(C)C)C1=O. The summed E-state index contributed by atoms with van der Waals surface area (Å²) in [5, 5.41) is 9.31. The van der Waals surface area contributed by atoms with Crippen molar-refractivity contribution >= 4 is 104 Å². The molecule has 1 saturated heterocycles. The summed E-state index contributed by atoms with van der Waals surface area (Å²) in [6.45, 7) is 6.12. The monoisotopic (exact) mass is 575 g/mol. The first-order chi connectivity index (χ1) is 19.6. The van der Waals surface area contributed by atoms with Gasteiger partial charge in [0.25, 0.3) is 11.8 Å². The molecule has 1 aliphatic rings. The van der Waals surface area contributed by atoms with Crippen LogP contribution in [0.4, 0.5) is 4.79 Å². The average Bonchev–Trinajstić information content (AvgIpc) is 3.62. The van der Waals surface area contributed by atoms with Crippen LogP contribution in [0.25, 0.3) is 63.7 Å². The van der Waals surface area contributed by atoms with Crippen LogP contribution in [0, 0.1) is 5.41 Å². The second-order valence-electron chi connectivity index (χ2n) is 12.0. The van der Waals surface area contributed by atoms with Gasteiger partial charge in [0.05, 0.1) is 20.4 Å². The van der Waals surface area contributed by atoms with Gasteiger partial charge >= 0.3 is 6.03 Å². The van der Waals surface area contributed by atoms with Gasteiger partial charge in [-0.25, -0.2) is 4.79 Å². The van der Waals surface area contributed by atoms with Gasteiger partial charge in [-0.15, -0.1) is 22.7 Å². The Morgan fingerprint density at radius 2 is 1.61 bits per heavy atom. The molecule has 1 fully saturated rings. The van der Waals surface area contributed by atoms with Crippen molar-refractivity contribution in [2.45, 2.75) is 20.8 Å². The number of fused-ring (bicyclic) bond motifs is 8. The molecule has 41 heavy (non-hydrogen) atoms. The van der Waals surface area contributed by atoms with E-state index >= 15 is 0 Å². The molecule has 7 aromatic rings. The number of hydrogen-bond donors (Lipinski definition) is 0. The summed E-state index contributed by atoms with van der Waals surface area (Å²) in [6.07, 6.45) is 1.68. The van der Waals surface area contributed by atoms with Gasteiger partial charge in [-0.3, -0.25) is 23.8 Å². The van der Waals surface area contributed by atoms with E-state index in [1.165, 1.54) is 49.8 Å². The van der Waals surface area contributed by atoms with Crippen LogP contribution in [0.1, 0.15) is 26.3 Å². The van der Waals surface area contributed by atoms with Crippen molar-refractivity contribution in [3.05, 3.63) is 71.1 Å². The number of hydrogen-bond acceptors (Lipinski definition) is 5. The van der Waals surface area contributed by atoms with Crippen molar-refractivity contribution in [1.82, 2.24) is 14.2 Å². The zero-order valence-corrected chi connectivity index (χ0v) is 24.6. The molecule has 6 nitrogen and oxygen atoms in total. The maximum absolute atomic E-state index is 13.5. The van der Waals surface area contributed by atoms with Gasteiger partial charge in [0.2, 0.25) is 0 Å². The molecule has 3 aromatic carbocycles. The number of carbonyl (C=O) groups is 3.